The quantitative estimate of drug-likeness (QED) is 0.265. The number of ether oxygens (including phenoxy) is 1. The first-order valence-corrected chi connectivity index (χ1v) is 10.1. The largest absolute Gasteiger partial charge is 0.444 e. The molecule has 11 heteroatoms. The van der Waals surface area contributed by atoms with E-state index in [1.165, 1.54) is 12.1 Å². The SMILES string of the molecule is CC(C)(C)OC(=O)NCCONC(=O)c1ccc(F)c(F)c1Nc1ccc(I)cc1F. The second-order valence-electron chi connectivity index (χ2n) is 7.24. The molecule has 0 aromatic heterocycles. The number of nitrogens with one attached hydrogen (secondary N) is 3. The molecule has 0 aliphatic heterocycles. The van der Waals surface area contributed by atoms with Gasteiger partial charge in [0.05, 0.1) is 23.5 Å². The van der Waals surface area contributed by atoms with Crippen LogP contribution in [0.4, 0.5) is 29.3 Å². The summed E-state index contributed by atoms with van der Waals surface area (Å²) in [6.07, 6.45) is -0.658. The Kier molecular flexibility index (Phi) is 8.51. The molecule has 0 saturated heterocycles. The van der Waals surface area contributed by atoms with Crippen LogP contribution in [0.3, 0.4) is 0 Å². The van der Waals surface area contributed by atoms with Crippen molar-refractivity contribution in [2.24, 2.45) is 0 Å². The number of rotatable bonds is 7. The molecular weight excluding hydrogens is 530 g/mol. The molecule has 2 rings (SSSR count). The zero-order chi connectivity index (χ0) is 23.2. The normalized spacial score (nSPS) is 11.1. The van der Waals surface area contributed by atoms with Crippen molar-refractivity contribution in [2.45, 2.75) is 26.4 Å². The van der Waals surface area contributed by atoms with Crippen LogP contribution in [0.1, 0.15) is 31.1 Å². The van der Waals surface area contributed by atoms with E-state index in [0.29, 0.717) is 3.57 Å². The molecular formula is C20H21F3IN3O4. The van der Waals surface area contributed by atoms with Gasteiger partial charge in [-0.15, -0.1) is 0 Å². The molecule has 0 aliphatic carbocycles. The van der Waals surface area contributed by atoms with Crippen molar-refractivity contribution in [2.75, 3.05) is 18.5 Å². The molecule has 0 radical (unpaired) electrons. The van der Waals surface area contributed by atoms with Crippen molar-refractivity contribution in [1.29, 1.82) is 0 Å². The monoisotopic (exact) mass is 551 g/mol. The Morgan fingerprint density at radius 3 is 2.42 bits per heavy atom. The van der Waals surface area contributed by atoms with Gasteiger partial charge in [0.15, 0.2) is 11.6 Å². The minimum absolute atomic E-state index is 0.0198. The zero-order valence-corrected chi connectivity index (χ0v) is 19.1. The molecule has 7 nitrogen and oxygen atoms in total. The molecule has 0 atom stereocenters. The van der Waals surface area contributed by atoms with Gasteiger partial charge in [-0.2, -0.15) is 0 Å². The Balaban J connectivity index is 2.01. The molecule has 168 valence electrons. The minimum atomic E-state index is -1.35. The van der Waals surface area contributed by atoms with E-state index >= 15 is 0 Å². The van der Waals surface area contributed by atoms with E-state index in [9.17, 15) is 22.8 Å². The van der Waals surface area contributed by atoms with Crippen LogP contribution in [0.25, 0.3) is 0 Å². The van der Waals surface area contributed by atoms with Crippen molar-refractivity contribution in [3.63, 3.8) is 0 Å². The van der Waals surface area contributed by atoms with Gasteiger partial charge in [0.25, 0.3) is 5.91 Å². The van der Waals surface area contributed by atoms with Crippen molar-refractivity contribution in [1.82, 2.24) is 10.8 Å². The van der Waals surface area contributed by atoms with E-state index in [1.54, 1.807) is 26.8 Å². The van der Waals surface area contributed by atoms with Gasteiger partial charge in [-0.3, -0.25) is 9.63 Å². The third-order valence-electron chi connectivity index (χ3n) is 3.57. The Labute approximate surface area is 190 Å². The molecule has 0 saturated carbocycles. The van der Waals surface area contributed by atoms with E-state index in [2.05, 4.69) is 16.1 Å². The lowest BCUT2D eigenvalue weighted by atomic mass is 10.1. The number of hydrogen-bond acceptors (Lipinski definition) is 5. The second-order valence-corrected chi connectivity index (χ2v) is 8.49. The lowest BCUT2D eigenvalue weighted by Crippen LogP contribution is -2.35. The fraction of sp³-hybridized carbons (Fsp3) is 0.300. The van der Waals surface area contributed by atoms with Gasteiger partial charge in [0.2, 0.25) is 0 Å². The summed E-state index contributed by atoms with van der Waals surface area (Å²) in [6, 6.07) is 5.89. The van der Waals surface area contributed by atoms with Crippen molar-refractivity contribution in [3.05, 3.63) is 56.9 Å². The number of halogens is 4. The fourth-order valence-electron chi connectivity index (χ4n) is 2.28. The molecule has 0 heterocycles. The predicted octanol–water partition coefficient (Wildman–Crippen LogP) is 4.64. The van der Waals surface area contributed by atoms with Gasteiger partial charge >= 0.3 is 6.09 Å². The number of hydrogen-bond donors (Lipinski definition) is 3. The number of alkyl carbamates (subject to hydrolysis) is 1. The molecule has 31 heavy (non-hydrogen) atoms. The maximum absolute atomic E-state index is 14.3. The van der Waals surface area contributed by atoms with Crippen molar-refractivity contribution in [3.8, 4) is 0 Å². The Bertz CT molecular complexity index is 967. The summed E-state index contributed by atoms with van der Waals surface area (Å²) in [7, 11) is 0. The Hall–Kier alpha value is -2.54. The third-order valence-corrected chi connectivity index (χ3v) is 4.24. The molecule has 2 aromatic rings. The number of carbonyl (C=O) groups is 2. The van der Waals surface area contributed by atoms with Crippen LogP contribution in [0.2, 0.25) is 0 Å². The first kappa shape index (κ1) is 24.7. The van der Waals surface area contributed by atoms with Gasteiger partial charge in [-0.25, -0.2) is 23.4 Å². The number of anilines is 2. The second kappa shape index (κ2) is 10.7. The molecule has 0 fully saturated rings. The summed E-state index contributed by atoms with van der Waals surface area (Å²) < 4.78 is 47.8. The number of carbonyl (C=O) groups excluding carboxylic acids is 2. The van der Waals surface area contributed by atoms with E-state index in [4.69, 9.17) is 9.57 Å². The molecule has 0 unspecified atom stereocenters. The van der Waals surface area contributed by atoms with Gasteiger partial charge in [-0.05, 0) is 73.7 Å². The molecule has 2 aromatic carbocycles. The van der Waals surface area contributed by atoms with Crippen LogP contribution < -0.4 is 16.1 Å². The average molecular weight is 551 g/mol. The maximum Gasteiger partial charge on any atom is 0.407 e. The first-order chi connectivity index (χ1) is 14.5. The summed E-state index contributed by atoms with van der Waals surface area (Å²) >= 11 is 1.90. The maximum atomic E-state index is 14.3. The van der Waals surface area contributed by atoms with Gasteiger partial charge in [0.1, 0.15) is 11.4 Å². The fourth-order valence-corrected chi connectivity index (χ4v) is 2.73. The minimum Gasteiger partial charge on any atom is -0.444 e. The highest BCUT2D eigenvalue weighted by Crippen LogP contribution is 2.28. The number of benzene rings is 2. The molecule has 3 N–H and O–H groups in total. The van der Waals surface area contributed by atoms with Crippen LogP contribution in [-0.2, 0) is 9.57 Å². The summed E-state index contributed by atoms with van der Waals surface area (Å²) in [6.45, 7) is 5.02. The van der Waals surface area contributed by atoms with E-state index < -0.39 is 40.7 Å². The van der Waals surface area contributed by atoms with Crippen molar-refractivity contribution >= 4 is 46.0 Å². The van der Waals surface area contributed by atoms with Gasteiger partial charge in [-0.1, -0.05) is 0 Å². The molecule has 0 bridgehead atoms. The van der Waals surface area contributed by atoms with E-state index in [1.807, 2.05) is 22.6 Å². The smallest absolute Gasteiger partial charge is 0.407 e. The molecule has 2 amide bonds. The summed E-state index contributed by atoms with van der Waals surface area (Å²) in [5, 5.41) is 4.84. The van der Waals surface area contributed by atoms with Crippen LogP contribution in [0.15, 0.2) is 30.3 Å². The van der Waals surface area contributed by atoms with Crippen LogP contribution >= 0.6 is 22.6 Å². The van der Waals surface area contributed by atoms with Crippen molar-refractivity contribution < 1.29 is 32.3 Å². The Morgan fingerprint density at radius 1 is 1.06 bits per heavy atom. The molecule has 0 spiro atoms. The standard InChI is InChI=1S/C20H21F3IN3O4/c1-20(2,3)31-19(29)25-8-9-30-27-18(28)12-5-6-13(21)16(23)17(12)26-15-7-4-11(24)10-14(15)22/h4-7,10,26H,8-9H2,1-3H3,(H,25,29)(H,27,28). The third kappa shape index (κ3) is 7.58. The highest BCUT2D eigenvalue weighted by atomic mass is 127. The van der Waals surface area contributed by atoms with E-state index in [0.717, 1.165) is 12.1 Å². The van der Waals surface area contributed by atoms with Crippen LogP contribution in [-0.4, -0.2) is 30.8 Å². The topological polar surface area (TPSA) is 88.7 Å². The van der Waals surface area contributed by atoms with Crippen LogP contribution in [0.5, 0.6) is 0 Å². The average Bonchev–Trinajstić information content (AvgIpc) is 2.65. The van der Waals surface area contributed by atoms with Gasteiger partial charge < -0.3 is 15.4 Å². The lowest BCUT2D eigenvalue weighted by Gasteiger charge is -2.19. The highest BCUT2D eigenvalue weighted by Gasteiger charge is 2.20. The summed E-state index contributed by atoms with van der Waals surface area (Å²) in [5.74, 6) is -4.17. The van der Waals surface area contributed by atoms with E-state index in [-0.39, 0.29) is 24.4 Å². The predicted molar refractivity (Wildman–Crippen MR) is 116 cm³/mol. The molecule has 0 aliphatic rings. The Morgan fingerprint density at radius 2 is 1.77 bits per heavy atom. The zero-order valence-electron chi connectivity index (χ0n) is 16.9. The first-order valence-electron chi connectivity index (χ1n) is 9.07. The summed E-state index contributed by atoms with van der Waals surface area (Å²) in [5.41, 5.74) is 0.407. The number of hydroxylamine groups is 1. The van der Waals surface area contributed by atoms with Gasteiger partial charge in [0, 0.05) is 10.1 Å². The van der Waals surface area contributed by atoms with Crippen LogP contribution in [0, 0.1) is 21.0 Å². The lowest BCUT2D eigenvalue weighted by molar-refractivity contribution is 0.0284. The highest BCUT2D eigenvalue weighted by molar-refractivity contribution is 14.1. The summed E-state index contributed by atoms with van der Waals surface area (Å²) in [4.78, 5) is 28.8. The number of amides is 2.